The molecule has 0 saturated heterocycles. The van der Waals surface area contributed by atoms with Crippen LogP contribution in [0.4, 0.5) is 0 Å². The summed E-state index contributed by atoms with van der Waals surface area (Å²) in [5.41, 5.74) is 4.47. The average molecular weight is 183 g/mol. The first-order valence-electron chi connectivity index (χ1n) is 3.66. The van der Waals surface area contributed by atoms with Crippen molar-refractivity contribution in [3.63, 3.8) is 0 Å². The summed E-state index contributed by atoms with van der Waals surface area (Å²) in [6.07, 6.45) is 0. The molecule has 0 aliphatic carbocycles. The van der Waals surface area contributed by atoms with E-state index in [0.717, 1.165) is 0 Å². The highest BCUT2D eigenvalue weighted by Crippen LogP contribution is 2.22. The van der Waals surface area contributed by atoms with E-state index in [2.05, 4.69) is 5.73 Å². The molecule has 0 bridgehead atoms. The lowest BCUT2D eigenvalue weighted by molar-refractivity contribution is -0.115. The number of hydrogen-bond donors (Lipinski definition) is 2. The van der Waals surface area contributed by atoms with Crippen LogP contribution in [-0.4, -0.2) is 18.1 Å². The maximum atomic E-state index is 9.22. The van der Waals surface area contributed by atoms with Crippen LogP contribution < -0.4 is 10.5 Å². The van der Waals surface area contributed by atoms with Gasteiger partial charge in [-0.15, -0.1) is 0 Å². The number of methoxy groups -OCH3 is 1. The zero-order chi connectivity index (χ0) is 10.3. The molecule has 1 aromatic carbocycles. The van der Waals surface area contributed by atoms with Crippen LogP contribution in [0.2, 0.25) is 0 Å². The molecule has 0 aliphatic heterocycles. The number of hydrogen-bond acceptors (Lipinski definition) is 3. The van der Waals surface area contributed by atoms with Crippen LogP contribution in [0.1, 0.15) is 6.92 Å². The van der Waals surface area contributed by atoms with E-state index in [1.54, 1.807) is 24.3 Å². The van der Waals surface area contributed by atoms with E-state index in [9.17, 15) is 4.79 Å². The summed E-state index contributed by atoms with van der Waals surface area (Å²) < 4.78 is 4.79. The van der Waals surface area contributed by atoms with Gasteiger partial charge in [-0.2, -0.15) is 0 Å². The van der Waals surface area contributed by atoms with Gasteiger partial charge in [0, 0.05) is 6.92 Å². The Balaban J connectivity index is 0.000000310. The Morgan fingerprint density at radius 2 is 1.92 bits per heavy atom. The lowest BCUT2D eigenvalue weighted by Gasteiger charge is -1.99. The number of benzene rings is 1. The summed E-state index contributed by atoms with van der Waals surface area (Å²) in [6.45, 7) is 1.31. The summed E-state index contributed by atoms with van der Waals surface area (Å²) in [4.78, 5) is 9.22. The van der Waals surface area contributed by atoms with Gasteiger partial charge >= 0.3 is 0 Å². The van der Waals surface area contributed by atoms with Gasteiger partial charge in [0.15, 0.2) is 11.5 Å². The third-order valence-corrected chi connectivity index (χ3v) is 1.09. The molecule has 0 spiro atoms. The van der Waals surface area contributed by atoms with Crippen molar-refractivity contribution in [1.82, 2.24) is 0 Å². The van der Waals surface area contributed by atoms with Crippen molar-refractivity contribution < 1.29 is 14.6 Å². The number of aromatic hydroxyl groups is 1. The van der Waals surface area contributed by atoms with E-state index < -0.39 is 0 Å². The van der Waals surface area contributed by atoms with Crippen LogP contribution in [0, 0.1) is 0 Å². The molecule has 0 radical (unpaired) electrons. The van der Waals surface area contributed by atoms with E-state index in [1.165, 1.54) is 14.0 Å². The van der Waals surface area contributed by atoms with Gasteiger partial charge < -0.3 is 15.6 Å². The third kappa shape index (κ3) is 5.55. The fourth-order valence-electron chi connectivity index (χ4n) is 0.630. The monoisotopic (exact) mass is 183 g/mol. The summed E-state index contributed by atoms with van der Waals surface area (Å²) in [5.74, 6) is 0.359. The Kier molecular flexibility index (Phi) is 5.11. The Hall–Kier alpha value is -1.71. The number of nitrogens with two attached hydrogens (primary N) is 1. The maximum Gasteiger partial charge on any atom is 0.214 e. The predicted molar refractivity (Wildman–Crippen MR) is 49.5 cm³/mol. The van der Waals surface area contributed by atoms with Gasteiger partial charge in [0.05, 0.1) is 7.11 Å². The standard InChI is InChI=1S/C7H8O2.C2H5NO/c1-9-7-5-3-2-4-6(7)8;1-2(3)4/h2-5,8H,1H3;1H3,(H2,3,4). The normalized spacial score (nSPS) is 8.15. The molecule has 0 aliphatic rings. The lowest BCUT2D eigenvalue weighted by Crippen LogP contribution is -2.01. The van der Waals surface area contributed by atoms with Crippen molar-refractivity contribution in [2.45, 2.75) is 6.92 Å². The first kappa shape index (κ1) is 11.3. The number of phenolic OH excluding ortho intramolecular Hbond substituents is 1. The zero-order valence-corrected chi connectivity index (χ0v) is 7.65. The van der Waals surface area contributed by atoms with Crippen LogP contribution >= 0.6 is 0 Å². The molecule has 0 atom stereocenters. The molecule has 0 fully saturated rings. The van der Waals surface area contributed by atoms with Gasteiger partial charge in [-0.3, -0.25) is 4.79 Å². The van der Waals surface area contributed by atoms with Gasteiger partial charge in [0.1, 0.15) is 0 Å². The fraction of sp³-hybridized carbons (Fsp3) is 0.222. The lowest BCUT2D eigenvalue weighted by atomic mass is 10.3. The topological polar surface area (TPSA) is 72.6 Å². The Morgan fingerprint density at radius 1 is 1.46 bits per heavy atom. The zero-order valence-electron chi connectivity index (χ0n) is 7.65. The third-order valence-electron chi connectivity index (χ3n) is 1.09. The molecule has 0 saturated carbocycles. The summed E-state index contributed by atoms with van der Waals surface area (Å²) >= 11 is 0. The van der Waals surface area contributed by atoms with Crippen LogP contribution in [0.3, 0.4) is 0 Å². The molecule has 0 unspecified atom stereocenters. The molecular formula is C9H13NO3. The van der Waals surface area contributed by atoms with Crippen LogP contribution in [0.15, 0.2) is 24.3 Å². The minimum Gasteiger partial charge on any atom is -0.504 e. The van der Waals surface area contributed by atoms with Crippen molar-refractivity contribution in [2.24, 2.45) is 5.73 Å². The quantitative estimate of drug-likeness (QED) is 0.679. The fourth-order valence-corrected chi connectivity index (χ4v) is 0.630. The largest absolute Gasteiger partial charge is 0.504 e. The number of carbonyl (C=O) groups excluding carboxylic acids is 1. The first-order chi connectivity index (χ1) is 6.07. The number of amides is 1. The molecule has 1 aromatic rings. The Labute approximate surface area is 76.9 Å². The molecule has 72 valence electrons. The number of ether oxygens (including phenoxy) is 1. The van der Waals surface area contributed by atoms with Gasteiger partial charge in [-0.25, -0.2) is 0 Å². The number of primary amides is 1. The van der Waals surface area contributed by atoms with Crippen LogP contribution in [0.5, 0.6) is 11.5 Å². The molecule has 1 amide bonds. The van der Waals surface area contributed by atoms with E-state index >= 15 is 0 Å². The average Bonchev–Trinajstić information content (AvgIpc) is 2.04. The van der Waals surface area contributed by atoms with Gasteiger partial charge in [0.25, 0.3) is 0 Å². The van der Waals surface area contributed by atoms with Crippen molar-refractivity contribution >= 4 is 5.91 Å². The number of carbonyl (C=O) groups is 1. The smallest absolute Gasteiger partial charge is 0.214 e. The number of phenols is 1. The maximum absolute atomic E-state index is 9.22. The van der Waals surface area contributed by atoms with Crippen molar-refractivity contribution in [3.05, 3.63) is 24.3 Å². The second-order valence-electron chi connectivity index (χ2n) is 2.28. The summed E-state index contributed by atoms with van der Waals surface area (Å²) in [5, 5.41) is 8.99. The highest BCUT2D eigenvalue weighted by Gasteiger charge is 1.94. The Morgan fingerprint density at radius 3 is 2.23 bits per heavy atom. The molecule has 3 N–H and O–H groups in total. The number of rotatable bonds is 1. The van der Waals surface area contributed by atoms with Crippen molar-refractivity contribution in [1.29, 1.82) is 0 Å². The molecule has 1 rings (SSSR count). The van der Waals surface area contributed by atoms with E-state index in [1.807, 2.05) is 0 Å². The minimum atomic E-state index is -0.333. The van der Waals surface area contributed by atoms with E-state index in [4.69, 9.17) is 9.84 Å². The highest BCUT2D eigenvalue weighted by molar-refractivity contribution is 5.70. The van der Waals surface area contributed by atoms with Crippen molar-refractivity contribution in [3.8, 4) is 11.5 Å². The van der Waals surface area contributed by atoms with Crippen LogP contribution in [0.25, 0.3) is 0 Å². The first-order valence-corrected chi connectivity index (χ1v) is 3.66. The number of para-hydroxylation sites is 2. The van der Waals surface area contributed by atoms with E-state index in [0.29, 0.717) is 5.75 Å². The van der Waals surface area contributed by atoms with Gasteiger partial charge in [-0.1, -0.05) is 12.1 Å². The molecule has 0 aromatic heterocycles. The molecule has 0 heterocycles. The summed E-state index contributed by atoms with van der Waals surface area (Å²) in [7, 11) is 1.52. The molecule has 4 nitrogen and oxygen atoms in total. The second kappa shape index (κ2) is 5.88. The SMILES string of the molecule is CC(N)=O.COc1ccccc1O. The van der Waals surface area contributed by atoms with Gasteiger partial charge in [0.2, 0.25) is 5.91 Å². The molecule has 13 heavy (non-hydrogen) atoms. The van der Waals surface area contributed by atoms with Gasteiger partial charge in [-0.05, 0) is 12.1 Å². The van der Waals surface area contributed by atoms with Crippen molar-refractivity contribution in [2.75, 3.05) is 7.11 Å². The summed E-state index contributed by atoms with van der Waals surface area (Å²) in [6, 6.07) is 6.84. The van der Waals surface area contributed by atoms with Crippen LogP contribution in [-0.2, 0) is 4.79 Å². The van der Waals surface area contributed by atoms with E-state index in [-0.39, 0.29) is 11.7 Å². The Bertz CT molecular complexity index is 269. The second-order valence-corrected chi connectivity index (χ2v) is 2.28. The molecule has 4 heteroatoms. The molecular weight excluding hydrogens is 170 g/mol. The minimum absolute atomic E-state index is 0.181. The highest BCUT2D eigenvalue weighted by atomic mass is 16.5. The predicted octanol–water partition coefficient (Wildman–Crippen LogP) is 0.892.